The lowest BCUT2D eigenvalue weighted by atomic mass is 10.1. The van der Waals surface area contributed by atoms with E-state index in [1.54, 1.807) is 13.0 Å². The van der Waals surface area contributed by atoms with Crippen LogP contribution in [0.5, 0.6) is 0 Å². The maximum absolute atomic E-state index is 13.0. The first-order valence-corrected chi connectivity index (χ1v) is 11.8. The molecule has 1 amide bonds. The summed E-state index contributed by atoms with van der Waals surface area (Å²) in [5.41, 5.74) is 4.20. The maximum atomic E-state index is 13.0. The molecule has 0 radical (unpaired) electrons. The van der Waals surface area contributed by atoms with Crippen molar-refractivity contribution in [3.05, 3.63) is 58.1 Å². The third kappa shape index (κ3) is 5.35. The molecule has 0 saturated carbocycles. The van der Waals surface area contributed by atoms with Gasteiger partial charge < -0.3 is 14.8 Å². The Kier molecular flexibility index (Phi) is 7.33. The molecule has 9 heteroatoms. The molecule has 2 aromatic carbocycles. The summed E-state index contributed by atoms with van der Waals surface area (Å²) in [6, 6.07) is 8.26. The summed E-state index contributed by atoms with van der Waals surface area (Å²) < 4.78 is 37.7. The first kappa shape index (κ1) is 23.9. The molecule has 32 heavy (non-hydrogen) atoms. The van der Waals surface area contributed by atoms with Gasteiger partial charge in [-0.3, -0.25) is 4.79 Å². The van der Waals surface area contributed by atoms with Gasteiger partial charge in [0.1, 0.15) is 0 Å². The minimum Gasteiger partial charge on any atom is -0.452 e. The van der Waals surface area contributed by atoms with E-state index in [1.807, 2.05) is 32.9 Å². The molecule has 0 unspecified atom stereocenters. The van der Waals surface area contributed by atoms with Crippen LogP contribution in [0.25, 0.3) is 0 Å². The summed E-state index contributed by atoms with van der Waals surface area (Å²) in [6.45, 7) is 8.12. The van der Waals surface area contributed by atoms with Crippen molar-refractivity contribution >= 4 is 27.6 Å². The first-order valence-electron chi connectivity index (χ1n) is 10.3. The number of benzene rings is 2. The summed E-state index contributed by atoms with van der Waals surface area (Å²) in [5, 5.41) is 2.77. The van der Waals surface area contributed by atoms with Gasteiger partial charge in [-0.05, 0) is 56.5 Å². The highest BCUT2D eigenvalue weighted by molar-refractivity contribution is 7.89. The molecule has 1 saturated heterocycles. The molecular weight excluding hydrogens is 432 g/mol. The molecule has 0 aromatic heterocycles. The van der Waals surface area contributed by atoms with Crippen molar-refractivity contribution in [2.24, 2.45) is 0 Å². The van der Waals surface area contributed by atoms with Gasteiger partial charge in [0.2, 0.25) is 10.0 Å². The highest BCUT2D eigenvalue weighted by Gasteiger charge is 2.28. The van der Waals surface area contributed by atoms with Crippen LogP contribution in [-0.4, -0.2) is 57.5 Å². The van der Waals surface area contributed by atoms with Crippen molar-refractivity contribution in [3.8, 4) is 0 Å². The average Bonchev–Trinajstić information content (AvgIpc) is 2.75. The molecule has 172 valence electrons. The number of hydrogen-bond donors (Lipinski definition) is 1. The largest absolute Gasteiger partial charge is 0.452 e. The number of nitrogens with zero attached hydrogens (tertiary/aromatic N) is 1. The standard InChI is InChI=1S/C23H28N2O6S/c1-15-11-17(3)22(18(4)12-15)24-21(26)14-31-23(27)19-6-5-16(2)20(13-19)32(28,29)25-7-9-30-10-8-25/h5-6,11-13H,7-10,14H2,1-4H3,(H,24,26). The van der Waals surface area contributed by atoms with Gasteiger partial charge in [-0.15, -0.1) is 0 Å². The van der Waals surface area contributed by atoms with E-state index in [0.717, 1.165) is 16.7 Å². The molecule has 1 heterocycles. The van der Waals surface area contributed by atoms with E-state index in [4.69, 9.17) is 9.47 Å². The number of nitrogens with one attached hydrogen (secondary N) is 1. The number of anilines is 1. The lowest BCUT2D eigenvalue weighted by molar-refractivity contribution is -0.119. The Morgan fingerprint density at radius 1 is 1.00 bits per heavy atom. The van der Waals surface area contributed by atoms with Crippen LogP contribution in [0.1, 0.15) is 32.6 Å². The van der Waals surface area contributed by atoms with E-state index in [1.165, 1.54) is 16.4 Å². The number of amides is 1. The van der Waals surface area contributed by atoms with E-state index in [-0.39, 0.29) is 23.5 Å². The Balaban J connectivity index is 1.69. The van der Waals surface area contributed by atoms with E-state index in [2.05, 4.69) is 5.32 Å². The molecule has 1 N–H and O–H groups in total. The second-order valence-corrected chi connectivity index (χ2v) is 9.80. The normalized spacial score (nSPS) is 14.8. The lowest BCUT2D eigenvalue weighted by Gasteiger charge is -2.26. The van der Waals surface area contributed by atoms with Crippen LogP contribution in [-0.2, 0) is 24.3 Å². The number of rotatable bonds is 6. The zero-order valence-electron chi connectivity index (χ0n) is 18.7. The Labute approximate surface area is 188 Å². The lowest BCUT2D eigenvalue weighted by Crippen LogP contribution is -2.40. The van der Waals surface area contributed by atoms with Gasteiger partial charge in [0.15, 0.2) is 6.61 Å². The summed E-state index contributed by atoms with van der Waals surface area (Å²) in [7, 11) is -3.77. The van der Waals surface area contributed by atoms with Gasteiger partial charge in [0.05, 0.1) is 23.7 Å². The Hall–Kier alpha value is -2.75. The molecule has 3 rings (SSSR count). The fourth-order valence-corrected chi connectivity index (χ4v) is 5.36. The van der Waals surface area contributed by atoms with Crippen molar-refractivity contribution in [1.82, 2.24) is 4.31 Å². The second kappa shape index (κ2) is 9.81. The van der Waals surface area contributed by atoms with Crippen molar-refractivity contribution in [2.45, 2.75) is 32.6 Å². The van der Waals surface area contributed by atoms with Crippen molar-refractivity contribution in [3.63, 3.8) is 0 Å². The van der Waals surface area contributed by atoms with Crippen LogP contribution in [0.15, 0.2) is 35.2 Å². The molecular formula is C23H28N2O6S. The minimum absolute atomic E-state index is 0.0456. The minimum atomic E-state index is -3.77. The SMILES string of the molecule is Cc1cc(C)c(NC(=O)COC(=O)c2ccc(C)c(S(=O)(=O)N3CCOCC3)c2)c(C)c1. The van der Waals surface area contributed by atoms with Crippen LogP contribution < -0.4 is 5.32 Å². The first-order chi connectivity index (χ1) is 15.1. The van der Waals surface area contributed by atoms with Crippen molar-refractivity contribution in [1.29, 1.82) is 0 Å². The highest BCUT2D eigenvalue weighted by atomic mass is 32.2. The van der Waals surface area contributed by atoms with Crippen molar-refractivity contribution in [2.75, 3.05) is 38.2 Å². The molecule has 1 fully saturated rings. The van der Waals surface area contributed by atoms with Gasteiger partial charge >= 0.3 is 5.97 Å². The van der Waals surface area contributed by atoms with Crippen LogP contribution in [0, 0.1) is 27.7 Å². The Morgan fingerprint density at radius 2 is 1.62 bits per heavy atom. The molecule has 2 aromatic rings. The van der Waals surface area contributed by atoms with Gasteiger partial charge in [0.25, 0.3) is 5.91 Å². The summed E-state index contributed by atoms with van der Waals surface area (Å²) in [6.07, 6.45) is 0. The summed E-state index contributed by atoms with van der Waals surface area (Å²) in [5.74, 6) is -1.24. The van der Waals surface area contributed by atoms with Gasteiger partial charge in [0, 0.05) is 18.8 Å². The third-order valence-corrected chi connectivity index (χ3v) is 7.33. The zero-order chi connectivity index (χ0) is 23.5. The topological polar surface area (TPSA) is 102 Å². The van der Waals surface area contributed by atoms with E-state index >= 15 is 0 Å². The van der Waals surface area contributed by atoms with Gasteiger partial charge in [-0.2, -0.15) is 4.31 Å². The number of hydrogen-bond acceptors (Lipinski definition) is 6. The zero-order valence-corrected chi connectivity index (χ0v) is 19.5. The molecule has 0 aliphatic carbocycles. The van der Waals surface area contributed by atoms with Gasteiger partial charge in [-0.1, -0.05) is 23.8 Å². The average molecular weight is 461 g/mol. The number of morpholine rings is 1. The third-order valence-electron chi connectivity index (χ3n) is 5.29. The monoisotopic (exact) mass is 460 g/mol. The second-order valence-electron chi connectivity index (χ2n) is 7.89. The Bertz CT molecular complexity index is 1110. The highest BCUT2D eigenvalue weighted by Crippen LogP contribution is 2.23. The molecule has 8 nitrogen and oxygen atoms in total. The van der Waals surface area contributed by atoms with E-state index < -0.39 is 28.5 Å². The molecule has 1 aliphatic rings. The summed E-state index contributed by atoms with van der Waals surface area (Å²) in [4.78, 5) is 24.9. The smallest absolute Gasteiger partial charge is 0.338 e. The van der Waals surface area contributed by atoms with Crippen LogP contribution in [0.2, 0.25) is 0 Å². The van der Waals surface area contributed by atoms with Crippen LogP contribution in [0.4, 0.5) is 5.69 Å². The molecule has 0 bridgehead atoms. The predicted molar refractivity (Wildman–Crippen MR) is 120 cm³/mol. The molecule has 1 aliphatic heterocycles. The molecule has 0 atom stereocenters. The number of esters is 1. The fraction of sp³-hybridized carbons (Fsp3) is 0.391. The molecule has 0 spiro atoms. The fourth-order valence-electron chi connectivity index (χ4n) is 3.70. The number of carbonyl (C=O) groups is 2. The van der Waals surface area contributed by atoms with Crippen LogP contribution in [0.3, 0.4) is 0 Å². The van der Waals surface area contributed by atoms with E-state index in [0.29, 0.717) is 24.5 Å². The van der Waals surface area contributed by atoms with Gasteiger partial charge in [-0.25, -0.2) is 13.2 Å². The number of ether oxygens (including phenoxy) is 2. The van der Waals surface area contributed by atoms with Crippen molar-refractivity contribution < 1.29 is 27.5 Å². The quantitative estimate of drug-likeness (QED) is 0.665. The number of carbonyl (C=O) groups excluding carboxylic acids is 2. The predicted octanol–water partition coefficient (Wildman–Crippen LogP) is 2.74. The number of aryl methyl sites for hydroxylation is 4. The summed E-state index contributed by atoms with van der Waals surface area (Å²) >= 11 is 0. The number of sulfonamides is 1. The van der Waals surface area contributed by atoms with Crippen LogP contribution >= 0.6 is 0 Å². The Morgan fingerprint density at radius 3 is 2.25 bits per heavy atom. The van der Waals surface area contributed by atoms with E-state index in [9.17, 15) is 18.0 Å². The maximum Gasteiger partial charge on any atom is 0.338 e.